The van der Waals surface area contributed by atoms with Crippen molar-refractivity contribution in [1.82, 2.24) is 20.5 Å². The van der Waals surface area contributed by atoms with Gasteiger partial charge in [-0.15, -0.1) is 0 Å². The minimum absolute atomic E-state index is 0.0269. The van der Waals surface area contributed by atoms with Gasteiger partial charge in [0.05, 0.1) is 13.2 Å². The molecule has 3 aromatic rings. The Bertz CT molecular complexity index is 1360. The number of nitriles is 1. The van der Waals surface area contributed by atoms with Gasteiger partial charge in [0.15, 0.2) is 0 Å². The highest BCUT2D eigenvalue weighted by atomic mass is 16.5. The van der Waals surface area contributed by atoms with Crippen LogP contribution in [-0.4, -0.2) is 59.9 Å². The second-order valence-electron chi connectivity index (χ2n) is 9.62. The lowest BCUT2D eigenvalue weighted by atomic mass is 9.95. The van der Waals surface area contributed by atoms with Gasteiger partial charge in [-0.2, -0.15) is 5.26 Å². The zero-order chi connectivity index (χ0) is 25.9. The number of amides is 3. The van der Waals surface area contributed by atoms with Crippen LogP contribution < -0.4 is 15.4 Å². The third-order valence-corrected chi connectivity index (χ3v) is 7.37. The Morgan fingerprint density at radius 2 is 2.03 bits per heavy atom. The molecule has 0 aliphatic carbocycles. The molecule has 37 heavy (non-hydrogen) atoms. The van der Waals surface area contributed by atoms with E-state index in [-0.39, 0.29) is 36.0 Å². The molecule has 9 heteroatoms. The van der Waals surface area contributed by atoms with Gasteiger partial charge in [0.25, 0.3) is 5.91 Å². The molecule has 190 valence electrons. The van der Waals surface area contributed by atoms with Crippen molar-refractivity contribution >= 4 is 28.6 Å². The Morgan fingerprint density at radius 1 is 1.22 bits per heavy atom. The van der Waals surface area contributed by atoms with Crippen LogP contribution in [0.5, 0.6) is 5.75 Å². The van der Waals surface area contributed by atoms with Gasteiger partial charge in [-0.05, 0) is 43.0 Å². The Balaban J connectivity index is 1.40. The number of aromatic amines is 1. The van der Waals surface area contributed by atoms with Crippen molar-refractivity contribution in [2.75, 3.05) is 20.2 Å². The summed E-state index contributed by atoms with van der Waals surface area (Å²) >= 11 is 0. The van der Waals surface area contributed by atoms with Crippen LogP contribution in [-0.2, 0) is 9.59 Å². The summed E-state index contributed by atoms with van der Waals surface area (Å²) < 4.78 is 5.43. The molecule has 4 atom stereocenters. The third kappa shape index (κ3) is 4.87. The van der Waals surface area contributed by atoms with Crippen LogP contribution in [0.4, 0.5) is 0 Å². The predicted molar refractivity (Wildman–Crippen MR) is 137 cm³/mol. The van der Waals surface area contributed by atoms with Gasteiger partial charge < -0.3 is 25.3 Å². The largest absolute Gasteiger partial charge is 0.496 e. The summed E-state index contributed by atoms with van der Waals surface area (Å²) in [6.07, 6.45) is 1.33. The highest BCUT2D eigenvalue weighted by molar-refractivity contribution is 6.02. The van der Waals surface area contributed by atoms with Gasteiger partial charge in [-0.25, -0.2) is 0 Å². The van der Waals surface area contributed by atoms with Crippen LogP contribution in [0, 0.1) is 17.2 Å². The first kappa shape index (κ1) is 24.4. The topological polar surface area (TPSA) is 127 Å². The molecular weight excluding hydrogens is 470 g/mol. The highest BCUT2D eigenvalue weighted by Crippen LogP contribution is 2.34. The maximum absolute atomic E-state index is 13.7. The number of hydrogen-bond acceptors (Lipinski definition) is 5. The molecule has 2 aliphatic heterocycles. The van der Waals surface area contributed by atoms with Crippen LogP contribution >= 0.6 is 0 Å². The van der Waals surface area contributed by atoms with E-state index in [1.165, 1.54) is 0 Å². The van der Waals surface area contributed by atoms with Crippen molar-refractivity contribution in [2.24, 2.45) is 5.92 Å². The number of benzene rings is 2. The molecule has 4 unspecified atom stereocenters. The SMILES string of the molecule is COc1cccc2[nH]c(C(=O)N3CC(c4ccccc4)CC3C(=O)NC(C#N)CC3CCNC3=O)cc12. The molecule has 3 amide bonds. The second-order valence-corrected chi connectivity index (χ2v) is 9.62. The Labute approximate surface area is 214 Å². The predicted octanol–water partition coefficient (Wildman–Crippen LogP) is 2.71. The molecule has 2 fully saturated rings. The van der Waals surface area contributed by atoms with E-state index in [1.54, 1.807) is 18.1 Å². The van der Waals surface area contributed by atoms with E-state index in [4.69, 9.17) is 4.74 Å². The number of carbonyl (C=O) groups is 3. The van der Waals surface area contributed by atoms with E-state index in [0.717, 1.165) is 16.5 Å². The number of carbonyl (C=O) groups excluding carboxylic acids is 3. The van der Waals surface area contributed by atoms with E-state index >= 15 is 0 Å². The van der Waals surface area contributed by atoms with E-state index < -0.39 is 12.1 Å². The molecule has 0 radical (unpaired) electrons. The van der Waals surface area contributed by atoms with E-state index in [1.807, 2.05) is 48.5 Å². The molecule has 3 N–H and O–H groups in total. The number of ether oxygens (including phenoxy) is 1. The lowest BCUT2D eigenvalue weighted by molar-refractivity contribution is -0.126. The van der Waals surface area contributed by atoms with E-state index in [0.29, 0.717) is 37.4 Å². The van der Waals surface area contributed by atoms with Crippen LogP contribution in [0.15, 0.2) is 54.6 Å². The standard InChI is InChI=1S/C28H29N5O4/c1-37-25-9-5-8-22-21(25)14-23(32-22)28(36)33-16-19(17-6-3-2-4-7-17)13-24(33)27(35)31-20(15-29)12-18-10-11-30-26(18)34/h2-9,14,18-20,24,32H,10-13,16H2,1H3,(H,30,34)(H,31,35). The first-order valence-electron chi connectivity index (χ1n) is 12.5. The van der Waals surface area contributed by atoms with Crippen molar-refractivity contribution in [2.45, 2.75) is 37.3 Å². The van der Waals surface area contributed by atoms with Crippen LogP contribution in [0.3, 0.4) is 0 Å². The average molecular weight is 500 g/mol. The lowest BCUT2D eigenvalue weighted by Gasteiger charge is -2.25. The third-order valence-electron chi connectivity index (χ3n) is 7.37. The zero-order valence-corrected chi connectivity index (χ0v) is 20.6. The maximum Gasteiger partial charge on any atom is 0.271 e. The first-order chi connectivity index (χ1) is 18.0. The number of likely N-dealkylation sites (tertiary alicyclic amines) is 1. The van der Waals surface area contributed by atoms with E-state index in [2.05, 4.69) is 21.7 Å². The Kier molecular flexibility index (Phi) is 6.82. The number of nitrogens with zero attached hydrogens (tertiary/aromatic N) is 2. The molecule has 9 nitrogen and oxygen atoms in total. The van der Waals surface area contributed by atoms with Crippen LogP contribution in [0.1, 0.15) is 41.2 Å². The van der Waals surface area contributed by atoms with Crippen molar-refractivity contribution in [3.63, 3.8) is 0 Å². The van der Waals surface area contributed by atoms with Gasteiger partial charge in [0.1, 0.15) is 23.5 Å². The number of methoxy groups -OCH3 is 1. The fourth-order valence-corrected chi connectivity index (χ4v) is 5.42. The van der Waals surface area contributed by atoms with Gasteiger partial charge >= 0.3 is 0 Å². The number of fused-ring (bicyclic) bond motifs is 1. The minimum atomic E-state index is -0.814. The van der Waals surface area contributed by atoms with Crippen LogP contribution in [0.25, 0.3) is 10.9 Å². The fourth-order valence-electron chi connectivity index (χ4n) is 5.42. The summed E-state index contributed by atoms with van der Waals surface area (Å²) in [5, 5.41) is 16.0. The number of nitrogens with one attached hydrogen (secondary N) is 3. The van der Waals surface area contributed by atoms with Crippen molar-refractivity contribution in [1.29, 1.82) is 5.26 Å². The smallest absolute Gasteiger partial charge is 0.271 e. The Hall–Kier alpha value is -4.32. The van der Waals surface area contributed by atoms with Gasteiger partial charge in [-0.1, -0.05) is 36.4 Å². The van der Waals surface area contributed by atoms with Crippen LogP contribution in [0.2, 0.25) is 0 Å². The molecule has 0 bridgehead atoms. The second kappa shape index (κ2) is 10.3. The number of H-pyrrole nitrogens is 1. The quantitative estimate of drug-likeness (QED) is 0.461. The van der Waals surface area contributed by atoms with Gasteiger partial charge in [0.2, 0.25) is 11.8 Å². The summed E-state index contributed by atoms with van der Waals surface area (Å²) in [5.41, 5.74) is 2.18. The summed E-state index contributed by atoms with van der Waals surface area (Å²) in [6.45, 7) is 0.949. The maximum atomic E-state index is 13.7. The van der Waals surface area contributed by atoms with Gasteiger partial charge in [0, 0.05) is 35.8 Å². The molecule has 0 saturated carbocycles. The molecule has 3 heterocycles. The minimum Gasteiger partial charge on any atom is -0.496 e. The molecule has 5 rings (SSSR count). The number of aromatic nitrogens is 1. The Morgan fingerprint density at radius 3 is 2.73 bits per heavy atom. The summed E-state index contributed by atoms with van der Waals surface area (Å²) in [7, 11) is 1.58. The van der Waals surface area contributed by atoms with Crippen molar-refractivity contribution in [3.8, 4) is 11.8 Å². The number of rotatable bonds is 7. The summed E-state index contributed by atoms with van der Waals surface area (Å²) in [5.74, 6) is -0.444. The fraction of sp³-hybridized carbons (Fsp3) is 0.357. The molecular formula is C28H29N5O4. The monoisotopic (exact) mass is 499 g/mol. The summed E-state index contributed by atoms with van der Waals surface area (Å²) in [4.78, 5) is 44.0. The highest BCUT2D eigenvalue weighted by Gasteiger charge is 2.41. The van der Waals surface area contributed by atoms with E-state index in [9.17, 15) is 19.6 Å². The normalized spacial score (nSPS) is 21.9. The van der Waals surface area contributed by atoms with Crippen molar-refractivity contribution in [3.05, 3.63) is 65.9 Å². The molecule has 1 aromatic heterocycles. The van der Waals surface area contributed by atoms with Gasteiger partial charge in [-0.3, -0.25) is 14.4 Å². The molecule has 0 spiro atoms. The molecule has 2 aromatic carbocycles. The summed E-state index contributed by atoms with van der Waals surface area (Å²) in [6, 6.07) is 17.7. The first-order valence-corrected chi connectivity index (χ1v) is 12.5. The van der Waals surface area contributed by atoms with Crippen molar-refractivity contribution < 1.29 is 19.1 Å². The average Bonchev–Trinajstić information content (AvgIpc) is 3.66. The lowest BCUT2D eigenvalue weighted by Crippen LogP contribution is -2.49. The molecule has 2 aliphatic rings. The zero-order valence-electron chi connectivity index (χ0n) is 20.6. The number of hydrogen-bond donors (Lipinski definition) is 3. The molecule has 2 saturated heterocycles.